The average Bonchev–Trinajstić information content (AvgIpc) is 3.24. The van der Waals surface area contributed by atoms with Crippen molar-refractivity contribution in [1.82, 2.24) is 19.4 Å². The minimum Gasteiger partial charge on any atom is -0.619 e. The van der Waals surface area contributed by atoms with Crippen LogP contribution in [0.25, 0.3) is 0 Å². The second kappa shape index (κ2) is 11.2. The second-order valence-corrected chi connectivity index (χ2v) is 10.1. The molecule has 3 aromatic rings. The molecule has 0 saturated heterocycles. The van der Waals surface area contributed by atoms with E-state index in [0.717, 1.165) is 11.3 Å². The van der Waals surface area contributed by atoms with Gasteiger partial charge in [0.1, 0.15) is 5.82 Å². The first-order chi connectivity index (χ1) is 17.3. The quantitative estimate of drug-likeness (QED) is 0.251. The monoisotopic (exact) mass is 509 g/mol. The van der Waals surface area contributed by atoms with Crippen molar-refractivity contribution in [3.63, 3.8) is 0 Å². The van der Waals surface area contributed by atoms with E-state index < -0.39 is 6.04 Å². The van der Waals surface area contributed by atoms with Crippen LogP contribution >= 0.6 is 11.6 Å². The number of benzene rings is 1. The van der Waals surface area contributed by atoms with E-state index in [4.69, 9.17) is 16.6 Å². The largest absolute Gasteiger partial charge is 0.619 e. The number of likely N-dealkylation sites (N-methyl/N-ethyl adjacent to an activating group) is 1. The van der Waals surface area contributed by atoms with E-state index in [1.807, 2.05) is 56.3 Å². The molecule has 0 aliphatic heterocycles. The molecule has 2 heterocycles. The minimum atomic E-state index is -0.437. The highest BCUT2D eigenvalue weighted by Gasteiger charge is 2.33. The number of nitrogens with zero attached hydrogens (tertiary/aromatic N) is 5. The highest BCUT2D eigenvalue weighted by Crippen LogP contribution is 2.28. The predicted octanol–water partition coefficient (Wildman–Crippen LogP) is 2.79. The number of hydrogen-bond donors (Lipinski definition) is 0. The molecular formula is C27H32ClN5O3. The van der Waals surface area contributed by atoms with Gasteiger partial charge in [-0.2, -0.15) is 4.73 Å². The van der Waals surface area contributed by atoms with Crippen molar-refractivity contribution in [1.29, 1.82) is 0 Å². The Kier molecular flexibility index (Phi) is 8.06. The highest BCUT2D eigenvalue weighted by molar-refractivity contribution is 6.21. The number of amides is 1. The van der Waals surface area contributed by atoms with Crippen molar-refractivity contribution >= 4 is 17.5 Å². The van der Waals surface area contributed by atoms with E-state index in [1.165, 1.54) is 24.5 Å². The van der Waals surface area contributed by atoms with Crippen molar-refractivity contribution in [3.8, 4) is 0 Å². The second-order valence-electron chi connectivity index (χ2n) is 9.45. The lowest BCUT2D eigenvalue weighted by Crippen LogP contribution is -2.42. The summed E-state index contributed by atoms with van der Waals surface area (Å²) in [5, 5.41) is 11.4. The van der Waals surface area contributed by atoms with Gasteiger partial charge in [-0.3, -0.25) is 14.2 Å². The lowest BCUT2D eigenvalue weighted by atomic mass is 10.1. The van der Waals surface area contributed by atoms with Gasteiger partial charge in [-0.05, 0) is 32.5 Å². The van der Waals surface area contributed by atoms with Gasteiger partial charge in [0, 0.05) is 42.6 Å². The number of alkyl halides is 1. The van der Waals surface area contributed by atoms with Crippen molar-refractivity contribution in [2.45, 2.75) is 44.1 Å². The first-order valence-electron chi connectivity index (χ1n) is 12.2. The molecule has 1 aliphatic rings. The van der Waals surface area contributed by atoms with Crippen LogP contribution in [0.1, 0.15) is 52.4 Å². The van der Waals surface area contributed by atoms with Crippen LogP contribution in [0, 0.1) is 5.21 Å². The summed E-state index contributed by atoms with van der Waals surface area (Å²) >= 11 is 6.43. The van der Waals surface area contributed by atoms with E-state index >= 15 is 0 Å². The smallest absolute Gasteiger partial charge is 0.257 e. The standard InChI is InChI=1S/C27H32ClN5O3/c1-4-24(32(15-14-30(2)3)26(34)20-10-12-31(36)13-11-20)25-29-23-17-21(28)16-22(23)27(35)33(25)18-19-8-6-5-7-9-19/h5-13,21,24H,4,14-18H2,1-3H3. The van der Waals surface area contributed by atoms with Crippen LogP contribution in [0.5, 0.6) is 0 Å². The number of fused-ring (bicyclic) bond motifs is 1. The summed E-state index contributed by atoms with van der Waals surface area (Å²) in [7, 11) is 3.90. The Labute approximate surface area is 216 Å². The van der Waals surface area contributed by atoms with Gasteiger partial charge < -0.3 is 15.0 Å². The van der Waals surface area contributed by atoms with E-state index in [1.54, 1.807) is 9.47 Å². The molecule has 1 aromatic carbocycles. The normalized spacial score (nSPS) is 15.6. The molecule has 4 rings (SSSR count). The predicted molar refractivity (Wildman–Crippen MR) is 139 cm³/mol. The molecule has 2 aromatic heterocycles. The van der Waals surface area contributed by atoms with Crippen LogP contribution in [0.4, 0.5) is 0 Å². The van der Waals surface area contributed by atoms with E-state index in [9.17, 15) is 14.8 Å². The van der Waals surface area contributed by atoms with Gasteiger partial charge in [0.2, 0.25) is 0 Å². The molecule has 0 bridgehead atoms. The number of carbonyl (C=O) groups excluding carboxylic acids is 1. The number of aromatic nitrogens is 3. The van der Waals surface area contributed by atoms with Crippen LogP contribution < -0.4 is 10.3 Å². The molecule has 190 valence electrons. The summed E-state index contributed by atoms with van der Waals surface area (Å²) in [4.78, 5) is 36.2. The van der Waals surface area contributed by atoms with Crippen LogP contribution in [0.15, 0.2) is 59.7 Å². The fourth-order valence-electron chi connectivity index (χ4n) is 4.68. The van der Waals surface area contributed by atoms with Gasteiger partial charge in [-0.25, -0.2) is 4.98 Å². The zero-order valence-electron chi connectivity index (χ0n) is 20.9. The number of pyridine rings is 1. The van der Waals surface area contributed by atoms with Crippen LogP contribution in [-0.4, -0.2) is 57.8 Å². The van der Waals surface area contributed by atoms with Crippen LogP contribution in [0.3, 0.4) is 0 Å². The summed E-state index contributed by atoms with van der Waals surface area (Å²) in [6, 6.07) is 12.4. The molecule has 0 N–H and O–H groups in total. The molecule has 2 atom stereocenters. The molecule has 2 unspecified atom stereocenters. The highest BCUT2D eigenvalue weighted by atomic mass is 35.5. The summed E-state index contributed by atoms with van der Waals surface area (Å²) in [5.74, 6) is 0.360. The van der Waals surface area contributed by atoms with Crippen LogP contribution in [-0.2, 0) is 19.4 Å². The van der Waals surface area contributed by atoms with Crippen molar-refractivity contribution < 1.29 is 9.52 Å². The molecule has 1 amide bonds. The lowest BCUT2D eigenvalue weighted by Gasteiger charge is -2.33. The van der Waals surface area contributed by atoms with Crippen molar-refractivity contribution in [3.05, 3.63) is 98.6 Å². The number of halogens is 1. The number of carbonyl (C=O) groups is 1. The topological polar surface area (TPSA) is 85.4 Å². The Morgan fingerprint density at radius 1 is 1.17 bits per heavy atom. The maximum Gasteiger partial charge on any atom is 0.257 e. The Hall–Kier alpha value is -3.23. The fourth-order valence-corrected chi connectivity index (χ4v) is 4.98. The van der Waals surface area contributed by atoms with E-state index in [0.29, 0.717) is 60.6 Å². The molecule has 0 saturated carbocycles. The molecule has 0 radical (unpaired) electrons. The maximum absolute atomic E-state index is 13.7. The summed E-state index contributed by atoms with van der Waals surface area (Å²) < 4.78 is 2.37. The Morgan fingerprint density at radius 2 is 1.86 bits per heavy atom. The zero-order chi connectivity index (χ0) is 25.8. The van der Waals surface area contributed by atoms with Gasteiger partial charge in [-0.1, -0.05) is 37.3 Å². The van der Waals surface area contributed by atoms with Gasteiger partial charge in [0.25, 0.3) is 11.5 Å². The van der Waals surface area contributed by atoms with Gasteiger partial charge in [-0.15, -0.1) is 11.6 Å². The summed E-state index contributed by atoms with van der Waals surface area (Å²) in [6.07, 6.45) is 4.24. The molecule has 0 fully saturated rings. The third-order valence-corrected chi connectivity index (χ3v) is 6.87. The average molecular weight is 510 g/mol. The van der Waals surface area contributed by atoms with Crippen molar-refractivity contribution in [2.24, 2.45) is 0 Å². The summed E-state index contributed by atoms with van der Waals surface area (Å²) in [5.41, 5.74) is 2.70. The molecular weight excluding hydrogens is 478 g/mol. The molecule has 8 nitrogen and oxygen atoms in total. The van der Waals surface area contributed by atoms with Gasteiger partial charge in [0.05, 0.1) is 23.8 Å². The first-order valence-corrected chi connectivity index (χ1v) is 12.7. The first kappa shape index (κ1) is 25.9. The Bertz CT molecular complexity index is 1260. The van der Waals surface area contributed by atoms with Crippen molar-refractivity contribution in [2.75, 3.05) is 27.2 Å². The molecule has 9 heteroatoms. The fraction of sp³-hybridized carbons (Fsp3) is 0.407. The number of rotatable bonds is 9. The zero-order valence-corrected chi connectivity index (χ0v) is 21.7. The van der Waals surface area contributed by atoms with E-state index in [-0.39, 0.29) is 16.8 Å². The number of hydrogen-bond acceptors (Lipinski definition) is 5. The SMILES string of the molecule is CCC(c1nc2c(c(=O)n1Cc1ccccc1)CC(Cl)C2)N(CCN(C)C)C(=O)c1cc[n+]([O-])cc1. The molecule has 0 spiro atoms. The van der Waals surface area contributed by atoms with Gasteiger partial charge in [0.15, 0.2) is 12.4 Å². The summed E-state index contributed by atoms with van der Waals surface area (Å²) in [6.45, 7) is 3.42. The maximum atomic E-state index is 13.7. The lowest BCUT2D eigenvalue weighted by molar-refractivity contribution is -0.605. The Morgan fingerprint density at radius 3 is 2.50 bits per heavy atom. The Balaban J connectivity index is 1.83. The third-order valence-electron chi connectivity index (χ3n) is 6.56. The van der Waals surface area contributed by atoms with E-state index in [2.05, 4.69) is 0 Å². The van der Waals surface area contributed by atoms with Crippen LogP contribution in [0.2, 0.25) is 0 Å². The molecule has 1 aliphatic carbocycles. The third kappa shape index (κ3) is 5.60. The van der Waals surface area contributed by atoms with Gasteiger partial charge >= 0.3 is 0 Å². The minimum absolute atomic E-state index is 0.0902. The molecule has 36 heavy (non-hydrogen) atoms.